The van der Waals surface area contributed by atoms with E-state index >= 15 is 0 Å². The number of hydrogen-bond donors (Lipinski definition) is 1. The van der Waals surface area contributed by atoms with Crippen LogP contribution in [-0.4, -0.2) is 21.7 Å². The molecule has 4 nitrogen and oxygen atoms in total. The molecule has 1 N–H and O–H groups in total. The Balaban J connectivity index is 1.61. The Morgan fingerprint density at radius 3 is 2.46 bits per heavy atom. The molecule has 1 atom stereocenters. The maximum absolute atomic E-state index is 12.8. The number of carbonyl (C=O) groups excluding carboxylic acids is 1. The number of thioether (sulfide) groups is 1. The second-order valence-electron chi connectivity index (χ2n) is 6.07. The zero-order valence-electron chi connectivity index (χ0n) is 13.9. The molecular formula is C19H17N3OS3. The van der Waals surface area contributed by atoms with Crippen molar-refractivity contribution in [3.05, 3.63) is 70.2 Å². The van der Waals surface area contributed by atoms with Crippen LogP contribution in [0.25, 0.3) is 5.69 Å². The lowest BCUT2D eigenvalue weighted by molar-refractivity contribution is -0.120. The van der Waals surface area contributed by atoms with Gasteiger partial charge in [-0.2, -0.15) is 0 Å². The van der Waals surface area contributed by atoms with Gasteiger partial charge in [-0.25, -0.2) is 4.68 Å². The number of amides is 1. The van der Waals surface area contributed by atoms with Gasteiger partial charge in [0.15, 0.2) is 8.29 Å². The molecule has 1 fully saturated rings. The second-order valence-corrected chi connectivity index (χ2v) is 9.05. The predicted octanol–water partition coefficient (Wildman–Crippen LogP) is 4.78. The molecule has 0 unspecified atom stereocenters. The van der Waals surface area contributed by atoms with Crippen molar-refractivity contribution in [3.8, 4) is 5.69 Å². The molecule has 1 heterocycles. The van der Waals surface area contributed by atoms with Crippen LogP contribution in [0, 0.1) is 3.95 Å². The third-order valence-corrected chi connectivity index (χ3v) is 6.58. The third-order valence-electron chi connectivity index (χ3n) is 4.01. The van der Waals surface area contributed by atoms with Crippen molar-refractivity contribution in [1.29, 1.82) is 0 Å². The smallest absolute Gasteiger partial charge is 0.238 e. The van der Waals surface area contributed by atoms with E-state index < -0.39 is 0 Å². The maximum atomic E-state index is 12.8. The quantitative estimate of drug-likeness (QED) is 0.479. The van der Waals surface area contributed by atoms with Gasteiger partial charge >= 0.3 is 0 Å². The molecule has 3 aromatic rings. The van der Waals surface area contributed by atoms with Crippen molar-refractivity contribution < 1.29 is 4.79 Å². The van der Waals surface area contributed by atoms with E-state index in [4.69, 9.17) is 12.2 Å². The Morgan fingerprint density at radius 2 is 1.81 bits per heavy atom. The summed E-state index contributed by atoms with van der Waals surface area (Å²) in [4.78, 5) is 12.8. The number of benzene rings is 2. The number of aromatic nitrogens is 2. The van der Waals surface area contributed by atoms with E-state index in [1.807, 2.05) is 60.7 Å². The van der Waals surface area contributed by atoms with Gasteiger partial charge in [0.1, 0.15) is 5.25 Å². The predicted molar refractivity (Wildman–Crippen MR) is 108 cm³/mol. The van der Waals surface area contributed by atoms with Gasteiger partial charge in [0.2, 0.25) is 5.91 Å². The van der Waals surface area contributed by atoms with E-state index in [1.165, 1.54) is 23.1 Å². The van der Waals surface area contributed by atoms with Crippen LogP contribution in [0.5, 0.6) is 0 Å². The molecule has 2 aromatic carbocycles. The van der Waals surface area contributed by atoms with Crippen LogP contribution in [0.1, 0.15) is 23.7 Å². The van der Waals surface area contributed by atoms with Crippen LogP contribution >= 0.6 is 35.3 Å². The Labute approximate surface area is 165 Å². The Morgan fingerprint density at radius 1 is 1.15 bits per heavy atom. The largest absolute Gasteiger partial charge is 0.352 e. The molecule has 1 aliphatic rings. The summed E-state index contributed by atoms with van der Waals surface area (Å²) in [5.74, 6) is 0.0380. The lowest BCUT2D eigenvalue weighted by Gasteiger charge is -2.15. The maximum Gasteiger partial charge on any atom is 0.238 e. The van der Waals surface area contributed by atoms with Crippen LogP contribution in [0.3, 0.4) is 0 Å². The van der Waals surface area contributed by atoms with E-state index in [0.29, 0.717) is 10.00 Å². The summed E-state index contributed by atoms with van der Waals surface area (Å²) in [6.45, 7) is 0. The van der Waals surface area contributed by atoms with Crippen molar-refractivity contribution in [2.75, 3.05) is 0 Å². The van der Waals surface area contributed by atoms with E-state index in [2.05, 4.69) is 10.4 Å². The van der Waals surface area contributed by atoms with Crippen molar-refractivity contribution in [3.63, 3.8) is 0 Å². The highest BCUT2D eigenvalue weighted by molar-refractivity contribution is 8.02. The molecule has 0 spiro atoms. The Kier molecular flexibility index (Phi) is 5.19. The SMILES string of the molecule is O=C(NC1CC1)[C@H](Sc1nn(-c2ccccc2)c(=S)s1)c1ccccc1. The fourth-order valence-corrected chi connectivity index (χ4v) is 5.11. The molecule has 1 aliphatic carbocycles. The second kappa shape index (κ2) is 7.73. The summed E-state index contributed by atoms with van der Waals surface area (Å²) in [6.07, 6.45) is 2.14. The average Bonchev–Trinajstić information content (AvgIpc) is 3.41. The van der Waals surface area contributed by atoms with Crippen LogP contribution in [0.4, 0.5) is 0 Å². The molecule has 4 rings (SSSR count). The number of para-hydroxylation sites is 1. The van der Waals surface area contributed by atoms with Crippen molar-refractivity contribution in [2.45, 2.75) is 28.5 Å². The van der Waals surface area contributed by atoms with Gasteiger partial charge in [-0.15, -0.1) is 5.10 Å². The van der Waals surface area contributed by atoms with E-state index in [-0.39, 0.29) is 11.2 Å². The highest BCUT2D eigenvalue weighted by Gasteiger charge is 2.29. The monoisotopic (exact) mass is 399 g/mol. The molecule has 1 saturated carbocycles. The molecule has 132 valence electrons. The zero-order chi connectivity index (χ0) is 17.9. The molecule has 26 heavy (non-hydrogen) atoms. The minimum absolute atomic E-state index is 0.0380. The number of hydrogen-bond acceptors (Lipinski definition) is 5. The van der Waals surface area contributed by atoms with Crippen molar-refractivity contribution in [2.24, 2.45) is 0 Å². The van der Waals surface area contributed by atoms with Crippen molar-refractivity contribution >= 4 is 41.2 Å². The molecule has 0 radical (unpaired) electrons. The lowest BCUT2D eigenvalue weighted by atomic mass is 10.1. The highest BCUT2D eigenvalue weighted by Crippen LogP contribution is 2.38. The third kappa shape index (κ3) is 4.06. The number of nitrogens with zero attached hydrogens (tertiary/aromatic N) is 2. The van der Waals surface area contributed by atoms with E-state index in [9.17, 15) is 4.79 Å². The number of carbonyl (C=O) groups is 1. The summed E-state index contributed by atoms with van der Waals surface area (Å²) in [5, 5.41) is 7.41. The Bertz CT molecular complexity index is 949. The van der Waals surface area contributed by atoms with Crippen molar-refractivity contribution in [1.82, 2.24) is 15.1 Å². The lowest BCUT2D eigenvalue weighted by Crippen LogP contribution is -2.29. The number of nitrogens with one attached hydrogen (secondary N) is 1. The van der Waals surface area contributed by atoms with Gasteiger partial charge < -0.3 is 5.32 Å². The first kappa shape index (κ1) is 17.5. The van der Waals surface area contributed by atoms with Gasteiger partial charge in [-0.1, -0.05) is 71.6 Å². The van der Waals surface area contributed by atoms with Crippen LogP contribution in [0.15, 0.2) is 65.0 Å². The van der Waals surface area contributed by atoms with Crippen LogP contribution in [0.2, 0.25) is 0 Å². The van der Waals surface area contributed by atoms with Crippen LogP contribution < -0.4 is 5.32 Å². The normalized spacial score (nSPS) is 14.8. The molecular weight excluding hydrogens is 382 g/mol. The molecule has 0 bridgehead atoms. The van der Waals surface area contributed by atoms with Gasteiger partial charge in [0.25, 0.3) is 0 Å². The first-order valence-electron chi connectivity index (χ1n) is 8.38. The average molecular weight is 400 g/mol. The van der Waals surface area contributed by atoms with Gasteiger partial charge in [-0.3, -0.25) is 4.79 Å². The fraction of sp³-hybridized carbons (Fsp3) is 0.211. The first-order chi connectivity index (χ1) is 12.7. The summed E-state index contributed by atoms with van der Waals surface area (Å²) in [5.41, 5.74) is 1.90. The zero-order valence-corrected chi connectivity index (χ0v) is 16.3. The topological polar surface area (TPSA) is 46.9 Å². The molecule has 0 saturated heterocycles. The minimum atomic E-state index is -0.332. The molecule has 7 heteroatoms. The van der Waals surface area contributed by atoms with Gasteiger partial charge in [-0.05, 0) is 42.8 Å². The van der Waals surface area contributed by atoms with Crippen LogP contribution in [-0.2, 0) is 4.79 Å². The van der Waals surface area contributed by atoms with E-state index in [1.54, 1.807) is 4.68 Å². The summed E-state index contributed by atoms with van der Waals surface area (Å²) >= 11 is 8.37. The molecule has 1 aromatic heterocycles. The van der Waals surface area contributed by atoms with Gasteiger partial charge in [0.05, 0.1) is 5.69 Å². The molecule has 0 aliphatic heterocycles. The summed E-state index contributed by atoms with van der Waals surface area (Å²) in [6, 6.07) is 20.0. The fourth-order valence-electron chi connectivity index (χ4n) is 2.55. The minimum Gasteiger partial charge on any atom is -0.352 e. The molecule has 1 amide bonds. The highest BCUT2D eigenvalue weighted by atomic mass is 32.2. The summed E-state index contributed by atoms with van der Waals surface area (Å²) < 4.78 is 3.22. The standard InChI is InChI=1S/C19H17N3OS3/c23-17(20-14-11-12-14)16(13-7-3-1-4-8-13)25-18-21-22(19(24)26-18)15-9-5-2-6-10-15/h1-10,14,16H,11-12H2,(H,20,23)/t16-/m1/s1. The Hall–Kier alpha value is -1.96. The first-order valence-corrected chi connectivity index (χ1v) is 10.5. The summed E-state index contributed by atoms with van der Waals surface area (Å²) in [7, 11) is 0. The number of rotatable bonds is 6. The van der Waals surface area contributed by atoms with Gasteiger partial charge in [0, 0.05) is 6.04 Å². The van der Waals surface area contributed by atoms with E-state index in [0.717, 1.165) is 28.4 Å².